The second-order valence-electron chi connectivity index (χ2n) is 6.12. The van der Waals surface area contributed by atoms with Crippen LogP contribution in [0.5, 0.6) is 0 Å². The van der Waals surface area contributed by atoms with Crippen molar-refractivity contribution in [1.82, 2.24) is 9.97 Å². The standard InChI is InChI=1S/C18H21FN4O/c1-12-17(13(2)21-18(20-12)23-9-3-4-10-23)22-16(24)11-14-5-7-15(19)8-6-14/h5-8H,3-4,9-11H2,1-2H3,(H,22,24). The Kier molecular flexibility index (Phi) is 4.74. The number of carbonyl (C=O) groups excluding carboxylic acids is 1. The van der Waals surface area contributed by atoms with E-state index in [1.54, 1.807) is 12.1 Å². The van der Waals surface area contributed by atoms with Gasteiger partial charge >= 0.3 is 0 Å². The van der Waals surface area contributed by atoms with Gasteiger partial charge in [0.25, 0.3) is 0 Å². The van der Waals surface area contributed by atoms with E-state index in [-0.39, 0.29) is 18.1 Å². The predicted molar refractivity (Wildman–Crippen MR) is 91.7 cm³/mol. The van der Waals surface area contributed by atoms with Crippen LogP contribution in [0, 0.1) is 19.7 Å². The number of rotatable bonds is 4. The van der Waals surface area contributed by atoms with Crippen LogP contribution < -0.4 is 10.2 Å². The molecule has 0 aliphatic carbocycles. The van der Waals surface area contributed by atoms with Crippen molar-refractivity contribution in [3.63, 3.8) is 0 Å². The zero-order valence-electron chi connectivity index (χ0n) is 14.0. The number of benzene rings is 1. The summed E-state index contributed by atoms with van der Waals surface area (Å²) in [6, 6.07) is 5.93. The topological polar surface area (TPSA) is 58.1 Å². The molecule has 2 heterocycles. The van der Waals surface area contributed by atoms with Gasteiger partial charge in [-0.3, -0.25) is 4.79 Å². The molecule has 0 atom stereocenters. The van der Waals surface area contributed by atoms with Gasteiger partial charge in [0.05, 0.1) is 23.5 Å². The minimum atomic E-state index is -0.309. The number of hydrogen-bond acceptors (Lipinski definition) is 4. The molecule has 0 bridgehead atoms. The number of nitrogens with one attached hydrogen (secondary N) is 1. The average molecular weight is 328 g/mol. The van der Waals surface area contributed by atoms with E-state index in [2.05, 4.69) is 20.2 Å². The van der Waals surface area contributed by atoms with Crippen LogP contribution in [0.4, 0.5) is 16.0 Å². The Hall–Kier alpha value is -2.50. The van der Waals surface area contributed by atoms with Crippen molar-refractivity contribution in [3.05, 3.63) is 47.0 Å². The highest BCUT2D eigenvalue weighted by molar-refractivity contribution is 5.93. The highest BCUT2D eigenvalue weighted by atomic mass is 19.1. The normalized spacial score (nSPS) is 14.0. The van der Waals surface area contributed by atoms with Crippen LogP contribution >= 0.6 is 0 Å². The Morgan fingerprint density at radius 3 is 2.29 bits per heavy atom. The van der Waals surface area contributed by atoms with Gasteiger partial charge in [-0.25, -0.2) is 14.4 Å². The molecule has 3 rings (SSSR count). The van der Waals surface area contributed by atoms with Crippen molar-refractivity contribution in [3.8, 4) is 0 Å². The summed E-state index contributed by atoms with van der Waals surface area (Å²) in [5.74, 6) is 0.265. The van der Waals surface area contributed by atoms with Crippen LogP contribution in [-0.2, 0) is 11.2 Å². The highest BCUT2D eigenvalue weighted by Gasteiger charge is 2.18. The van der Waals surface area contributed by atoms with Gasteiger partial charge in [0.2, 0.25) is 11.9 Å². The maximum Gasteiger partial charge on any atom is 0.228 e. The van der Waals surface area contributed by atoms with E-state index >= 15 is 0 Å². The van der Waals surface area contributed by atoms with Crippen LogP contribution in [0.3, 0.4) is 0 Å². The van der Waals surface area contributed by atoms with Crippen LogP contribution in [0.25, 0.3) is 0 Å². The molecule has 0 radical (unpaired) electrons. The molecule has 126 valence electrons. The lowest BCUT2D eigenvalue weighted by atomic mass is 10.1. The summed E-state index contributed by atoms with van der Waals surface area (Å²) in [5.41, 5.74) is 2.94. The Balaban J connectivity index is 1.72. The van der Waals surface area contributed by atoms with Crippen LogP contribution in [0.15, 0.2) is 24.3 Å². The summed E-state index contributed by atoms with van der Waals surface area (Å²) in [7, 11) is 0. The summed E-state index contributed by atoms with van der Waals surface area (Å²) < 4.78 is 12.9. The first-order valence-corrected chi connectivity index (χ1v) is 8.17. The lowest BCUT2D eigenvalue weighted by molar-refractivity contribution is -0.115. The number of aromatic nitrogens is 2. The fraction of sp³-hybridized carbons (Fsp3) is 0.389. The molecule has 0 spiro atoms. The van der Waals surface area contributed by atoms with E-state index in [1.165, 1.54) is 12.1 Å². The average Bonchev–Trinajstić information content (AvgIpc) is 3.07. The monoisotopic (exact) mass is 328 g/mol. The largest absolute Gasteiger partial charge is 0.341 e. The van der Waals surface area contributed by atoms with Crippen LogP contribution in [0.1, 0.15) is 29.8 Å². The van der Waals surface area contributed by atoms with E-state index < -0.39 is 0 Å². The van der Waals surface area contributed by atoms with E-state index in [0.717, 1.165) is 48.8 Å². The van der Waals surface area contributed by atoms with Crippen molar-refractivity contribution in [1.29, 1.82) is 0 Å². The molecule has 2 aromatic rings. The Morgan fingerprint density at radius 2 is 1.71 bits per heavy atom. The van der Waals surface area contributed by atoms with E-state index in [9.17, 15) is 9.18 Å². The van der Waals surface area contributed by atoms with Crippen molar-refractivity contribution >= 4 is 17.5 Å². The second kappa shape index (κ2) is 6.95. The first kappa shape index (κ1) is 16.4. The Labute approximate surface area is 140 Å². The third kappa shape index (κ3) is 3.69. The molecule has 1 amide bonds. The van der Waals surface area contributed by atoms with Crippen molar-refractivity contribution < 1.29 is 9.18 Å². The fourth-order valence-corrected chi connectivity index (χ4v) is 2.91. The van der Waals surface area contributed by atoms with Crippen molar-refractivity contribution in [2.75, 3.05) is 23.3 Å². The zero-order valence-corrected chi connectivity index (χ0v) is 14.0. The zero-order chi connectivity index (χ0) is 17.1. The lowest BCUT2D eigenvalue weighted by Crippen LogP contribution is -2.23. The van der Waals surface area contributed by atoms with Gasteiger partial charge in [-0.15, -0.1) is 0 Å². The maximum atomic E-state index is 12.9. The fourth-order valence-electron chi connectivity index (χ4n) is 2.91. The van der Waals surface area contributed by atoms with Crippen LogP contribution in [0.2, 0.25) is 0 Å². The summed E-state index contributed by atoms with van der Waals surface area (Å²) in [6.07, 6.45) is 2.52. The van der Waals surface area contributed by atoms with Gasteiger partial charge in [0, 0.05) is 13.1 Å². The summed E-state index contributed by atoms with van der Waals surface area (Å²) in [4.78, 5) is 23.5. The molecule has 1 aromatic carbocycles. The van der Waals surface area contributed by atoms with Gasteiger partial charge in [0.1, 0.15) is 5.82 Å². The number of carbonyl (C=O) groups is 1. The summed E-state index contributed by atoms with van der Waals surface area (Å²) >= 11 is 0. The third-order valence-corrected chi connectivity index (χ3v) is 4.19. The van der Waals surface area contributed by atoms with Crippen molar-refractivity contribution in [2.24, 2.45) is 0 Å². The SMILES string of the molecule is Cc1nc(N2CCCC2)nc(C)c1NC(=O)Cc1ccc(F)cc1. The predicted octanol–water partition coefficient (Wildman–Crippen LogP) is 3.01. The number of anilines is 2. The smallest absolute Gasteiger partial charge is 0.228 e. The Morgan fingerprint density at radius 1 is 1.12 bits per heavy atom. The second-order valence-corrected chi connectivity index (χ2v) is 6.12. The molecule has 24 heavy (non-hydrogen) atoms. The molecular weight excluding hydrogens is 307 g/mol. The number of hydrogen-bond donors (Lipinski definition) is 1. The molecule has 1 fully saturated rings. The molecule has 0 unspecified atom stereocenters. The van der Waals surface area contributed by atoms with E-state index in [1.807, 2.05) is 13.8 Å². The molecule has 6 heteroatoms. The number of aryl methyl sites for hydroxylation is 2. The number of nitrogens with zero attached hydrogens (tertiary/aromatic N) is 3. The highest BCUT2D eigenvalue weighted by Crippen LogP contribution is 2.23. The van der Waals surface area contributed by atoms with Gasteiger partial charge in [-0.1, -0.05) is 12.1 Å². The van der Waals surface area contributed by atoms with Gasteiger partial charge in [-0.2, -0.15) is 0 Å². The molecule has 5 nitrogen and oxygen atoms in total. The minimum absolute atomic E-state index is 0.162. The third-order valence-electron chi connectivity index (χ3n) is 4.19. The Bertz CT molecular complexity index is 716. The van der Waals surface area contributed by atoms with Gasteiger partial charge < -0.3 is 10.2 Å². The summed E-state index contributed by atoms with van der Waals surface area (Å²) in [5, 5.41) is 2.88. The molecule has 1 aliphatic heterocycles. The molecule has 1 N–H and O–H groups in total. The van der Waals surface area contributed by atoms with E-state index in [0.29, 0.717) is 5.69 Å². The van der Waals surface area contributed by atoms with Crippen LogP contribution in [-0.4, -0.2) is 29.0 Å². The van der Waals surface area contributed by atoms with Crippen molar-refractivity contribution in [2.45, 2.75) is 33.1 Å². The van der Waals surface area contributed by atoms with Gasteiger partial charge in [0.15, 0.2) is 0 Å². The quantitative estimate of drug-likeness (QED) is 0.937. The molecule has 1 aromatic heterocycles. The first-order valence-electron chi connectivity index (χ1n) is 8.17. The maximum absolute atomic E-state index is 12.9. The summed E-state index contributed by atoms with van der Waals surface area (Å²) in [6.45, 7) is 5.72. The van der Waals surface area contributed by atoms with Gasteiger partial charge in [-0.05, 0) is 44.4 Å². The molecule has 0 saturated carbocycles. The molecular formula is C18H21FN4O. The lowest BCUT2D eigenvalue weighted by Gasteiger charge is -2.18. The first-order chi connectivity index (χ1) is 11.5. The number of halogens is 1. The molecule has 1 saturated heterocycles. The number of amides is 1. The minimum Gasteiger partial charge on any atom is -0.341 e. The van der Waals surface area contributed by atoms with E-state index in [4.69, 9.17) is 0 Å². The molecule has 1 aliphatic rings.